The Morgan fingerprint density at radius 1 is 1.14 bits per heavy atom. The van der Waals surface area contributed by atoms with Gasteiger partial charge in [-0.25, -0.2) is 0 Å². The number of nitrogens with one attached hydrogen (secondary N) is 1. The van der Waals surface area contributed by atoms with Crippen molar-refractivity contribution in [3.8, 4) is 16.9 Å². The molecule has 1 fully saturated rings. The average molecular weight is 392 g/mol. The number of hydrogen-bond donors (Lipinski definition) is 2. The summed E-state index contributed by atoms with van der Waals surface area (Å²) >= 11 is 0. The third-order valence-corrected chi connectivity index (χ3v) is 5.76. The number of aliphatic hydroxyl groups excluding tert-OH is 1. The van der Waals surface area contributed by atoms with Crippen molar-refractivity contribution in [2.45, 2.75) is 38.5 Å². The van der Waals surface area contributed by atoms with Crippen LogP contribution in [-0.2, 0) is 0 Å². The smallest absolute Gasteiger partial charge is 0.119 e. The lowest BCUT2D eigenvalue weighted by atomic mass is 10.0. The molecule has 5 heteroatoms. The van der Waals surface area contributed by atoms with Crippen LogP contribution in [0.15, 0.2) is 54.7 Å². The van der Waals surface area contributed by atoms with E-state index in [-0.39, 0.29) is 12.3 Å². The molecule has 0 amide bonds. The van der Waals surface area contributed by atoms with Crippen molar-refractivity contribution in [3.05, 3.63) is 54.7 Å². The Labute approximate surface area is 172 Å². The fourth-order valence-electron chi connectivity index (χ4n) is 4.08. The molecule has 1 unspecified atom stereocenters. The van der Waals surface area contributed by atoms with E-state index >= 15 is 0 Å². The van der Waals surface area contributed by atoms with E-state index in [1.54, 1.807) is 0 Å². The van der Waals surface area contributed by atoms with Gasteiger partial charge in [0.15, 0.2) is 0 Å². The van der Waals surface area contributed by atoms with Crippen LogP contribution < -0.4 is 10.1 Å². The number of aliphatic hydroxyl groups is 1. The molecule has 0 radical (unpaired) electrons. The third-order valence-electron chi connectivity index (χ3n) is 5.76. The minimum absolute atomic E-state index is 0.205. The highest BCUT2D eigenvalue weighted by Gasteiger charge is 2.24. The number of piperidine rings is 1. The van der Waals surface area contributed by atoms with Crippen molar-refractivity contribution < 1.29 is 9.84 Å². The molecule has 2 N–H and O–H groups in total. The van der Waals surface area contributed by atoms with Gasteiger partial charge in [-0.3, -0.25) is 9.88 Å². The fraction of sp³-hybridized carbons (Fsp3) is 0.375. The lowest BCUT2D eigenvalue weighted by molar-refractivity contribution is -0.0297. The number of para-hydroxylation sites is 1. The van der Waals surface area contributed by atoms with Gasteiger partial charge in [-0.1, -0.05) is 37.3 Å². The first-order valence-corrected chi connectivity index (χ1v) is 10.4. The van der Waals surface area contributed by atoms with Crippen LogP contribution in [0.5, 0.6) is 5.75 Å². The Kier molecular flexibility index (Phi) is 5.97. The molecule has 1 atom stereocenters. The number of rotatable bonds is 6. The van der Waals surface area contributed by atoms with Gasteiger partial charge in [0.2, 0.25) is 0 Å². The quantitative estimate of drug-likeness (QED) is 0.647. The monoisotopic (exact) mass is 391 g/mol. The van der Waals surface area contributed by atoms with Gasteiger partial charge < -0.3 is 15.2 Å². The van der Waals surface area contributed by atoms with E-state index in [1.807, 2.05) is 50.5 Å². The van der Waals surface area contributed by atoms with Gasteiger partial charge in [-0.2, -0.15) is 0 Å². The van der Waals surface area contributed by atoms with Crippen molar-refractivity contribution in [2.75, 3.05) is 25.5 Å². The maximum absolute atomic E-state index is 9.98. The first kappa shape index (κ1) is 19.7. The number of nitrogens with zero attached hydrogens (tertiary/aromatic N) is 2. The molecule has 29 heavy (non-hydrogen) atoms. The third kappa shape index (κ3) is 4.21. The molecule has 152 valence electrons. The number of hydrogen-bond acceptors (Lipinski definition) is 5. The molecule has 1 saturated heterocycles. The first-order chi connectivity index (χ1) is 14.2. The molecule has 0 spiro atoms. The summed E-state index contributed by atoms with van der Waals surface area (Å²) in [5.74, 6) is 0.892. The number of aromatic nitrogens is 1. The van der Waals surface area contributed by atoms with Crippen LogP contribution in [0, 0.1) is 0 Å². The largest absolute Gasteiger partial charge is 0.490 e. The Balaban J connectivity index is 1.47. The summed E-state index contributed by atoms with van der Waals surface area (Å²) in [5.41, 5.74) is 4.27. The standard InChI is InChI=1S/C24H29N3O2/c1-3-23(28)27-14-12-19(13-15-27)29-18-10-8-17(9-11-18)21-16-26-22-7-5-4-6-20(22)24(21)25-2/h4-11,16,19,23,28H,3,12-15H2,1-2H3,(H,25,26). The van der Waals surface area contributed by atoms with Crippen molar-refractivity contribution in [2.24, 2.45) is 0 Å². The van der Waals surface area contributed by atoms with Crippen LogP contribution in [0.25, 0.3) is 22.0 Å². The van der Waals surface area contributed by atoms with E-state index < -0.39 is 0 Å². The Hall–Kier alpha value is -2.63. The van der Waals surface area contributed by atoms with Crippen molar-refractivity contribution >= 4 is 16.6 Å². The van der Waals surface area contributed by atoms with Gasteiger partial charge in [0.1, 0.15) is 18.1 Å². The van der Waals surface area contributed by atoms with Gasteiger partial charge in [0.25, 0.3) is 0 Å². The molecule has 0 aliphatic carbocycles. The SMILES string of the molecule is CCC(O)N1CCC(Oc2ccc(-c3cnc4ccccc4c3NC)cc2)CC1. The van der Waals surface area contributed by atoms with Crippen LogP contribution in [0.4, 0.5) is 5.69 Å². The molecule has 0 bridgehead atoms. The Bertz CT molecular complexity index is 950. The predicted molar refractivity (Wildman–Crippen MR) is 118 cm³/mol. The summed E-state index contributed by atoms with van der Waals surface area (Å²) in [7, 11) is 1.95. The summed E-state index contributed by atoms with van der Waals surface area (Å²) < 4.78 is 6.20. The molecule has 2 heterocycles. The number of likely N-dealkylation sites (tertiary alicyclic amines) is 1. The number of pyridine rings is 1. The van der Waals surface area contributed by atoms with Gasteiger partial charge in [-0.05, 0) is 43.0 Å². The van der Waals surface area contributed by atoms with E-state index in [2.05, 4.69) is 33.4 Å². The number of anilines is 1. The van der Waals surface area contributed by atoms with Crippen molar-refractivity contribution in [1.29, 1.82) is 0 Å². The van der Waals surface area contributed by atoms with Crippen LogP contribution in [0.3, 0.4) is 0 Å². The van der Waals surface area contributed by atoms with E-state index in [4.69, 9.17) is 4.74 Å². The second-order valence-corrected chi connectivity index (χ2v) is 7.58. The maximum Gasteiger partial charge on any atom is 0.119 e. The zero-order chi connectivity index (χ0) is 20.2. The highest BCUT2D eigenvalue weighted by molar-refractivity contribution is 5.99. The number of fused-ring (bicyclic) bond motifs is 1. The maximum atomic E-state index is 9.98. The topological polar surface area (TPSA) is 57.6 Å². The van der Waals surface area contributed by atoms with Gasteiger partial charge >= 0.3 is 0 Å². The summed E-state index contributed by atoms with van der Waals surface area (Å²) in [4.78, 5) is 6.75. The molecule has 2 aromatic carbocycles. The minimum Gasteiger partial charge on any atom is -0.490 e. The molecule has 1 aromatic heterocycles. The van der Waals surface area contributed by atoms with E-state index in [0.29, 0.717) is 0 Å². The molecular formula is C24H29N3O2. The summed E-state index contributed by atoms with van der Waals surface area (Å²) in [6.07, 6.45) is 4.46. The zero-order valence-corrected chi connectivity index (χ0v) is 17.1. The van der Waals surface area contributed by atoms with Crippen LogP contribution >= 0.6 is 0 Å². The molecule has 1 aliphatic rings. The molecule has 4 rings (SSSR count). The van der Waals surface area contributed by atoms with E-state index in [1.165, 1.54) is 0 Å². The van der Waals surface area contributed by atoms with Gasteiger partial charge in [0, 0.05) is 37.3 Å². The minimum atomic E-state index is -0.327. The van der Waals surface area contributed by atoms with E-state index in [0.717, 1.165) is 65.8 Å². The lowest BCUT2D eigenvalue weighted by Crippen LogP contribution is -2.43. The second kappa shape index (κ2) is 8.80. The van der Waals surface area contributed by atoms with Crippen molar-refractivity contribution in [1.82, 2.24) is 9.88 Å². The second-order valence-electron chi connectivity index (χ2n) is 7.58. The average Bonchev–Trinajstić information content (AvgIpc) is 2.79. The summed E-state index contributed by atoms with van der Waals surface area (Å²) in [6.45, 7) is 3.78. The summed E-state index contributed by atoms with van der Waals surface area (Å²) in [5, 5.41) is 14.4. The molecular weight excluding hydrogens is 362 g/mol. The molecule has 3 aromatic rings. The van der Waals surface area contributed by atoms with Crippen LogP contribution in [0.1, 0.15) is 26.2 Å². The number of benzene rings is 2. The van der Waals surface area contributed by atoms with Gasteiger partial charge in [-0.15, -0.1) is 0 Å². The molecule has 1 aliphatic heterocycles. The van der Waals surface area contributed by atoms with Gasteiger partial charge in [0.05, 0.1) is 11.2 Å². The Morgan fingerprint density at radius 3 is 2.55 bits per heavy atom. The van der Waals surface area contributed by atoms with Crippen molar-refractivity contribution in [3.63, 3.8) is 0 Å². The lowest BCUT2D eigenvalue weighted by Gasteiger charge is -2.34. The number of ether oxygens (including phenoxy) is 1. The Morgan fingerprint density at radius 2 is 1.86 bits per heavy atom. The van der Waals surface area contributed by atoms with Crippen LogP contribution in [0.2, 0.25) is 0 Å². The predicted octanol–water partition coefficient (Wildman–Crippen LogP) is 4.52. The molecule has 5 nitrogen and oxygen atoms in total. The van der Waals surface area contributed by atoms with Crippen LogP contribution in [-0.4, -0.2) is 47.5 Å². The molecule has 0 saturated carbocycles. The zero-order valence-electron chi connectivity index (χ0n) is 17.1. The normalized spacial score (nSPS) is 16.7. The fourth-order valence-corrected chi connectivity index (χ4v) is 4.08. The highest BCUT2D eigenvalue weighted by atomic mass is 16.5. The van der Waals surface area contributed by atoms with E-state index in [9.17, 15) is 5.11 Å². The first-order valence-electron chi connectivity index (χ1n) is 10.4. The summed E-state index contributed by atoms with van der Waals surface area (Å²) in [6, 6.07) is 16.4. The highest BCUT2D eigenvalue weighted by Crippen LogP contribution is 2.34.